The Morgan fingerprint density at radius 1 is 0.697 bits per heavy atom. The molecule has 3 fully saturated rings. The summed E-state index contributed by atoms with van der Waals surface area (Å²) in [6.45, 7) is 7.01. The molecule has 0 unspecified atom stereocenters. The van der Waals surface area contributed by atoms with Crippen molar-refractivity contribution in [2.24, 2.45) is 17.4 Å². The van der Waals surface area contributed by atoms with E-state index in [1.807, 2.05) is 13.8 Å². The molecule has 13 rings (SSSR count). The summed E-state index contributed by atoms with van der Waals surface area (Å²) in [5.74, 6) is -15.6. The van der Waals surface area contributed by atoms with Gasteiger partial charge in [-0.3, -0.25) is 33.6 Å². The van der Waals surface area contributed by atoms with E-state index in [9.17, 15) is 75.3 Å². The number of benzene rings is 5. The van der Waals surface area contributed by atoms with Gasteiger partial charge in [0.05, 0.1) is 48.5 Å². The van der Waals surface area contributed by atoms with Crippen LogP contribution in [0.2, 0.25) is 5.02 Å². The molecule has 37 heteroatoms. The third-order valence-corrected chi connectivity index (χ3v) is 19.9. The second kappa shape index (κ2) is 32.9. The number of phenolic OH excluding ortho intramolecular Hbond substituents is 3. The summed E-state index contributed by atoms with van der Waals surface area (Å²) in [6, 6.07) is 1.32. The standard InChI is InChI=1S/C72H86ClN9O27/c1-26(2)15-38(76-6)64(94)81-54-57(90)29-7-11-34(12-8-29)104-44-18-32-19-45(61(44)109-71-62(59(92)58(91)46(25-83)106-71)107-48-23-42(87)56(89)27(3)102-48)105-43-14-10-31(17-37(43)73)60(108-49-24-72(5,75)63(93)28(4)103-49)55-69(99)80-53(70(100)101)36-20-33(84)21-41(86)50(36)35-16-30(9-13-40(35)85)51(66(96)82-55)79-67(97)52(32)78-65(95)39(22-47(74)88)77-68(54)98/h7-14,16-21,26-28,38-39,42,46,48-49,51-60,62-63,71,76,83-87,89-93H,15,22-25,75H2,1-6H3,(H2,74,88)(H,77,98)(H,78,95)(H,79,97)(H,80,99)(H,81,94)(H,82,96)(H,100,101)/t27-,28-,38+,39-,42-,46+,48+,49+,51+,52-,53+,54-,55-,56+,57-,58+,59+,60+,62+,63-,71+,72-/m1/s1. The Bertz CT molecular complexity index is 4280. The number of halogens is 1. The number of aromatic hydroxyl groups is 3. The predicted octanol–water partition coefficient (Wildman–Crippen LogP) is -0.666. The zero-order chi connectivity index (χ0) is 79.1. The van der Waals surface area contributed by atoms with Crippen LogP contribution in [0.3, 0.4) is 0 Å². The topological polar surface area (TPSA) is 569 Å². The summed E-state index contributed by atoms with van der Waals surface area (Å²) in [7, 11) is 1.48. The smallest absolute Gasteiger partial charge is 0.330 e. The van der Waals surface area contributed by atoms with Gasteiger partial charge in [-0.1, -0.05) is 49.7 Å². The van der Waals surface area contributed by atoms with Gasteiger partial charge in [0.1, 0.15) is 95.6 Å². The molecule has 588 valence electrons. The first-order valence-electron chi connectivity index (χ1n) is 34.8. The van der Waals surface area contributed by atoms with Gasteiger partial charge >= 0.3 is 5.97 Å². The maximum atomic E-state index is 16.3. The maximum absolute atomic E-state index is 16.3. The van der Waals surface area contributed by atoms with Crippen LogP contribution in [0.1, 0.15) is 118 Å². The Hall–Kier alpha value is -9.61. The molecule has 3 saturated heterocycles. The average molecular weight is 1540 g/mol. The number of primary amides is 1. The normalized spacial score (nSPS) is 31.7. The van der Waals surface area contributed by atoms with E-state index >= 15 is 19.2 Å². The quantitative estimate of drug-likeness (QED) is 0.0618. The monoisotopic (exact) mass is 1540 g/mol. The van der Waals surface area contributed by atoms with Crippen LogP contribution < -0.4 is 62.9 Å². The van der Waals surface area contributed by atoms with Gasteiger partial charge in [0.25, 0.3) is 0 Å². The van der Waals surface area contributed by atoms with Gasteiger partial charge in [0.2, 0.25) is 53.4 Å². The number of carbonyl (C=O) groups is 8. The number of hydrogen-bond donors (Lipinski definition) is 20. The van der Waals surface area contributed by atoms with Crippen molar-refractivity contribution in [2.45, 2.75) is 194 Å². The van der Waals surface area contributed by atoms with Crippen LogP contribution >= 0.6 is 11.6 Å². The second-order valence-corrected chi connectivity index (χ2v) is 28.7. The fourth-order valence-corrected chi connectivity index (χ4v) is 14.1. The van der Waals surface area contributed by atoms with E-state index < -0.39 is 262 Å². The number of amides is 7. The first kappa shape index (κ1) is 80.4. The number of carboxylic acid groups (broad SMARTS) is 1. The Morgan fingerprint density at radius 3 is 1.99 bits per heavy atom. The SMILES string of the molecule is CN[C@@H](CC(C)C)C(=O)N[C@H]1C(=O)N[C@H](CC(N)=O)C(=O)N[C@H]2C(=O)N[C@@H]3C(=O)N[C@@H](C(=O)N[C@H](C(=O)O)c4cc(O)cc(O)c4-c4cc3ccc4O)[C@@H](O[C@H]3C[C@@](C)(N)[C@H](O)[C@@H](C)O3)c3ccc(c(Cl)c3)Oc3cc2cc(c3O[C@@H]2O[C@@H](CO)[C@H](O)[C@H](O)[C@@H]2O[C@H]2C[C@@H](O)[C@@H](O)[C@@H](C)O2)Oc2ccc(cc2)[C@H]1O. The number of carbonyl (C=O) groups excluding carboxylic acids is 7. The first-order chi connectivity index (χ1) is 51.5. The Balaban J connectivity index is 1.18. The van der Waals surface area contributed by atoms with E-state index in [-0.39, 0.29) is 46.9 Å². The van der Waals surface area contributed by atoms with Gasteiger partial charge in [-0.05, 0) is 117 Å². The van der Waals surface area contributed by atoms with Crippen molar-refractivity contribution < 1.29 is 132 Å². The number of hydrogen-bond acceptors (Lipinski definition) is 28. The summed E-state index contributed by atoms with van der Waals surface area (Å²) in [5, 5.41) is 142. The lowest BCUT2D eigenvalue weighted by Crippen LogP contribution is -2.62. The van der Waals surface area contributed by atoms with Gasteiger partial charge < -0.3 is 143 Å². The van der Waals surface area contributed by atoms with Crippen molar-refractivity contribution in [3.63, 3.8) is 0 Å². The minimum Gasteiger partial charge on any atom is -0.508 e. The molecule has 109 heavy (non-hydrogen) atoms. The Kier molecular flexibility index (Phi) is 24.3. The third kappa shape index (κ3) is 17.4. The number of fused-ring (bicyclic) bond motifs is 15. The van der Waals surface area contributed by atoms with Crippen LogP contribution in [0.5, 0.6) is 46.0 Å². The van der Waals surface area contributed by atoms with Crippen molar-refractivity contribution in [2.75, 3.05) is 13.7 Å². The number of rotatable bonds is 15. The maximum Gasteiger partial charge on any atom is 0.330 e. The molecule has 8 aliphatic rings. The van der Waals surface area contributed by atoms with Gasteiger partial charge in [0, 0.05) is 41.1 Å². The first-order valence-corrected chi connectivity index (χ1v) is 35.2. The minimum absolute atomic E-state index is 0.0636. The Labute approximate surface area is 626 Å². The highest BCUT2D eigenvalue weighted by atomic mass is 35.5. The average Bonchev–Trinajstić information content (AvgIpc) is 0.765. The second-order valence-electron chi connectivity index (χ2n) is 28.3. The molecule has 7 amide bonds. The predicted molar refractivity (Wildman–Crippen MR) is 374 cm³/mol. The van der Waals surface area contributed by atoms with Crippen LogP contribution in [-0.4, -0.2) is 221 Å². The Morgan fingerprint density at radius 2 is 1.35 bits per heavy atom. The summed E-state index contributed by atoms with van der Waals surface area (Å²) in [4.78, 5) is 119. The van der Waals surface area contributed by atoms with E-state index in [1.54, 1.807) is 0 Å². The number of likely N-dealkylation sites (N-methyl/N-ethyl adjacent to an activating group) is 1. The van der Waals surface area contributed by atoms with Gasteiger partial charge in [-0.2, -0.15) is 0 Å². The number of ether oxygens (including phenoxy) is 8. The molecule has 0 saturated carbocycles. The summed E-state index contributed by atoms with van der Waals surface area (Å²) >= 11 is 7.32. The number of nitrogens with one attached hydrogen (secondary N) is 7. The molecular formula is C72H86ClN9O27. The fourth-order valence-electron chi connectivity index (χ4n) is 13.9. The van der Waals surface area contributed by atoms with E-state index in [0.29, 0.717) is 0 Å². The molecule has 5 aromatic carbocycles. The van der Waals surface area contributed by atoms with Crippen molar-refractivity contribution in [3.8, 4) is 57.1 Å². The van der Waals surface area contributed by atoms with E-state index in [1.165, 1.54) is 70.3 Å². The molecule has 8 aliphatic heterocycles. The van der Waals surface area contributed by atoms with Crippen LogP contribution in [0.4, 0.5) is 0 Å². The molecule has 36 nitrogen and oxygen atoms in total. The lowest BCUT2D eigenvalue weighted by Gasteiger charge is -2.44. The molecule has 0 aliphatic carbocycles. The minimum atomic E-state index is -2.35. The molecule has 0 aromatic heterocycles. The zero-order valence-corrected chi connectivity index (χ0v) is 60.1. The molecule has 0 spiro atoms. The molecule has 22 atom stereocenters. The van der Waals surface area contributed by atoms with Gasteiger partial charge in [0.15, 0.2) is 36.2 Å². The van der Waals surface area contributed by atoms with Gasteiger partial charge in [-0.25, -0.2) is 4.79 Å². The number of carboxylic acids is 1. The summed E-state index contributed by atoms with van der Waals surface area (Å²) in [6.07, 6.45) is -24.6. The van der Waals surface area contributed by atoms with Crippen molar-refractivity contribution in [1.29, 1.82) is 0 Å². The van der Waals surface area contributed by atoms with Crippen molar-refractivity contribution in [1.82, 2.24) is 37.2 Å². The number of nitrogens with two attached hydrogens (primary N) is 2. The summed E-state index contributed by atoms with van der Waals surface area (Å²) < 4.78 is 51.2. The van der Waals surface area contributed by atoms with Crippen LogP contribution in [0.25, 0.3) is 11.1 Å². The lowest BCUT2D eigenvalue weighted by atomic mass is 9.86. The lowest BCUT2D eigenvalue weighted by molar-refractivity contribution is -0.335. The van der Waals surface area contributed by atoms with E-state index in [0.717, 1.165) is 42.5 Å². The zero-order valence-electron chi connectivity index (χ0n) is 59.3. The number of aliphatic hydroxyl groups is 7. The van der Waals surface area contributed by atoms with Crippen LogP contribution in [0.15, 0.2) is 84.9 Å². The highest BCUT2D eigenvalue weighted by molar-refractivity contribution is 6.32. The van der Waals surface area contributed by atoms with Crippen molar-refractivity contribution >= 4 is 58.9 Å². The molecule has 8 heterocycles. The van der Waals surface area contributed by atoms with Crippen LogP contribution in [-0.2, 0) is 62.0 Å². The number of phenols is 3. The van der Waals surface area contributed by atoms with E-state index in [2.05, 4.69) is 37.2 Å². The fraction of sp³-hybridized carbons (Fsp3) is 0.472. The summed E-state index contributed by atoms with van der Waals surface area (Å²) in [5.41, 5.74) is 8.32. The van der Waals surface area contributed by atoms with Crippen LogP contribution in [0, 0.1) is 5.92 Å². The van der Waals surface area contributed by atoms with E-state index in [4.69, 9.17) is 61.0 Å². The van der Waals surface area contributed by atoms with Crippen molar-refractivity contribution in [3.05, 3.63) is 118 Å². The highest BCUT2D eigenvalue weighted by Gasteiger charge is 2.51. The van der Waals surface area contributed by atoms with Gasteiger partial charge in [-0.15, -0.1) is 0 Å². The largest absolute Gasteiger partial charge is 0.508 e. The molecule has 22 N–H and O–H groups in total. The third-order valence-electron chi connectivity index (χ3n) is 19.7. The molecule has 5 aromatic rings. The molecular weight excluding hydrogens is 1460 g/mol. The molecule has 11 bridgehead atoms. The molecule has 0 radical (unpaired) electrons. The number of aliphatic carboxylic acids is 1. The number of aliphatic hydroxyl groups excluding tert-OH is 7. The highest BCUT2D eigenvalue weighted by Crippen LogP contribution is 2.50.